The molecule has 2 aromatic carbocycles. The highest BCUT2D eigenvalue weighted by Crippen LogP contribution is 2.30. The number of anilines is 1. The molecule has 98 valence electrons. The molecule has 0 aliphatic carbocycles. The van der Waals surface area contributed by atoms with Crippen LogP contribution in [0, 0.1) is 5.82 Å². The number of para-hydroxylation sites is 1. The molecule has 1 aliphatic rings. The van der Waals surface area contributed by atoms with Crippen LogP contribution in [0.5, 0.6) is 0 Å². The van der Waals surface area contributed by atoms with E-state index in [-0.39, 0.29) is 5.82 Å². The average Bonchev–Trinajstić information content (AvgIpc) is 2.46. The van der Waals surface area contributed by atoms with Crippen LogP contribution in [0.25, 0.3) is 0 Å². The molecule has 1 aliphatic heterocycles. The Morgan fingerprint density at radius 3 is 2.63 bits per heavy atom. The Labute approximate surface area is 121 Å². The summed E-state index contributed by atoms with van der Waals surface area (Å²) in [6, 6.07) is 13.7. The van der Waals surface area contributed by atoms with Gasteiger partial charge in [0, 0.05) is 18.4 Å². The molecule has 0 spiro atoms. The van der Waals surface area contributed by atoms with Gasteiger partial charge in [0.15, 0.2) is 0 Å². The normalized spacial score (nSPS) is 14.3. The maximum atomic E-state index is 14.1. The van der Waals surface area contributed by atoms with Gasteiger partial charge in [-0.3, -0.25) is 0 Å². The minimum Gasteiger partial charge on any atom is -0.364 e. The monoisotopic (exact) mass is 319 g/mol. The molecule has 0 N–H and O–H groups in total. The van der Waals surface area contributed by atoms with E-state index in [9.17, 15) is 4.39 Å². The first kappa shape index (κ1) is 12.7. The Morgan fingerprint density at radius 1 is 1.05 bits per heavy atom. The molecule has 0 fully saturated rings. The van der Waals surface area contributed by atoms with Crippen LogP contribution in [-0.4, -0.2) is 6.54 Å². The Balaban J connectivity index is 1.97. The van der Waals surface area contributed by atoms with Gasteiger partial charge in [-0.05, 0) is 29.2 Å². The number of benzene rings is 2. The molecule has 0 radical (unpaired) electrons. The first-order valence-corrected chi connectivity index (χ1v) is 7.57. The summed E-state index contributed by atoms with van der Waals surface area (Å²) in [6.07, 6.45) is 0.978. The molecule has 3 heteroatoms. The SMILES string of the molecule is Fc1cccc(CBr)c1N1CCc2ccccc2C1. The Hall–Kier alpha value is -1.35. The van der Waals surface area contributed by atoms with Crippen LogP contribution < -0.4 is 4.90 Å². The molecule has 0 bridgehead atoms. The van der Waals surface area contributed by atoms with Crippen molar-refractivity contribution in [3.8, 4) is 0 Å². The molecule has 1 nitrogen and oxygen atoms in total. The summed E-state index contributed by atoms with van der Waals surface area (Å²) >= 11 is 3.45. The van der Waals surface area contributed by atoms with Gasteiger partial charge in [-0.1, -0.05) is 52.3 Å². The fourth-order valence-electron chi connectivity index (χ4n) is 2.71. The predicted octanol–water partition coefficient (Wildman–Crippen LogP) is 4.28. The van der Waals surface area contributed by atoms with Crippen molar-refractivity contribution < 1.29 is 4.39 Å². The summed E-state index contributed by atoms with van der Waals surface area (Å²) < 4.78 is 14.1. The molecule has 1 heterocycles. The van der Waals surface area contributed by atoms with Crippen molar-refractivity contribution in [3.63, 3.8) is 0 Å². The lowest BCUT2D eigenvalue weighted by molar-refractivity contribution is 0.608. The molecule has 19 heavy (non-hydrogen) atoms. The van der Waals surface area contributed by atoms with Crippen LogP contribution in [0.3, 0.4) is 0 Å². The van der Waals surface area contributed by atoms with Crippen LogP contribution in [-0.2, 0) is 18.3 Å². The number of hydrogen-bond acceptors (Lipinski definition) is 1. The van der Waals surface area contributed by atoms with Gasteiger partial charge in [-0.25, -0.2) is 4.39 Å². The summed E-state index contributed by atoms with van der Waals surface area (Å²) in [4.78, 5) is 2.15. The highest BCUT2D eigenvalue weighted by atomic mass is 79.9. The minimum atomic E-state index is -0.128. The first-order valence-electron chi connectivity index (χ1n) is 6.44. The van der Waals surface area contributed by atoms with E-state index in [1.807, 2.05) is 6.07 Å². The second-order valence-corrected chi connectivity index (χ2v) is 5.38. The molecule has 0 unspecified atom stereocenters. The summed E-state index contributed by atoms with van der Waals surface area (Å²) in [5.41, 5.74) is 4.45. The number of nitrogens with zero attached hydrogens (tertiary/aromatic N) is 1. The van der Waals surface area contributed by atoms with Gasteiger partial charge in [-0.2, -0.15) is 0 Å². The van der Waals surface area contributed by atoms with Gasteiger partial charge in [0.1, 0.15) is 5.82 Å². The fraction of sp³-hybridized carbons (Fsp3) is 0.250. The highest BCUT2D eigenvalue weighted by molar-refractivity contribution is 9.08. The van der Waals surface area contributed by atoms with E-state index in [0.29, 0.717) is 5.33 Å². The lowest BCUT2D eigenvalue weighted by Crippen LogP contribution is -2.31. The lowest BCUT2D eigenvalue weighted by Gasteiger charge is -2.32. The predicted molar refractivity (Wildman–Crippen MR) is 80.2 cm³/mol. The molecule has 0 aromatic heterocycles. The van der Waals surface area contributed by atoms with Crippen LogP contribution in [0.15, 0.2) is 42.5 Å². The van der Waals surface area contributed by atoms with E-state index >= 15 is 0 Å². The van der Waals surface area contributed by atoms with Crippen molar-refractivity contribution in [2.45, 2.75) is 18.3 Å². The number of hydrogen-bond donors (Lipinski definition) is 0. The maximum Gasteiger partial charge on any atom is 0.146 e. The van der Waals surface area contributed by atoms with Gasteiger partial charge in [-0.15, -0.1) is 0 Å². The van der Waals surface area contributed by atoms with Crippen LogP contribution >= 0.6 is 15.9 Å². The molecular weight excluding hydrogens is 305 g/mol. The van der Waals surface area contributed by atoms with Crippen molar-refractivity contribution >= 4 is 21.6 Å². The third-order valence-corrected chi connectivity index (χ3v) is 4.27. The Kier molecular flexibility index (Phi) is 3.56. The third kappa shape index (κ3) is 2.39. The number of rotatable bonds is 2. The lowest BCUT2D eigenvalue weighted by atomic mass is 9.99. The summed E-state index contributed by atoms with van der Waals surface area (Å²) in [5.74, 6) is -0.128. The van der Waals surface area contributed by atoms with Crippen molar-refractivity contribution in [2.24, 2.45) is 0 Å². The molecule has 0 saturated heterocycles. The summed E-state index contributed by atoms with van der Waals surface area (Å²) in [6.45, 7) is 1.66. The summed E-state index contributed by atoms with van der Waals surface area (Å²) in [7, 11) is 0. The van der Waals surface area contributed by atoms with Crippen LogP contribution in [0.2, 0.25) is 0 Å². The molecule has 2 aromatic rings. The average molecular weight is 320 g/mol. The van der Waals surface area contributed by atoms with Crippen LogP contribution in [0.4, 0.5) is 10.1 Å². The van der Waals surface area contributed by atoms with Crippen molar-refractivity contribution in [1.82, 2.24) is 0 Å². The van der Waals surface area contributed by atoms with E-state index in [1.54, 1.807) is 12.1 Å². The second-order valence-electron chi connectivity index (χ2n) is 4.82. The van der Waals surface area contributed by atoms with Crippen molar-refractivity contribution in [3.05, 3.63) is 65.0 Å². The second kappa shape index (κ2) is 5.33. The number of halogens is 2. The Bertz CT molecular complexity index is 597. The van der Waals surface area contributed by atoms with E-state index in [4.69, 9.17) is 0 Å². The maximum absolute atomic E-state index is 14.1. The van der Waals surface area contributed by atoms with E-state index in [0.717, 1.165) is 30.8 Å². The van der Waals surface area contributed by atoms with Gasteiger partial charge in [0.2, 0.25) is 0 Å². The zero-order chi connectivity index (χ0) is 13.2. The molecule has 0 atom stereocenters. The van der Waals surface area contributed by atoms with Gasteiger partial charge in [0.25, 0.3) is 0 Å². The van der Waals surface area contributed by atoms with Gasteiger partial charge < -0.3 is 4.90 Å². The van der Waals surface area contributed by atoms with E-state index in [2.05, 4.69) is 45.1 Å². The molecule has 0 amide bonds. The van der Waals surface area contributed by atoms with Gasteiger partial charge in [0.05, 0.1) is 5.69 Å². The van der Waals surface area contributed by atoms with Gasteiger partial charge >= 0.3 is 0 Å². The highest BCUT2D eigenvalue weighted by Gasteiger charge is 2.20. The van der Waals surface area contributed by atoms with E-state index in [1.165, 1.54) is 11.1 Å². The zero-order valence-corrected chi connectivity index (χ0v) is 12.2. The standard InChI is InChI=1S/C16H15BrFN/c17-10-13-6-3-7-15(18)16(13)19-9-8-12-4-1-2-5-14(12)11-19/h1-7H,8-11H2. The summed E-state index contributed by atoms with van der Waals surface area (Å²) in [5, 5.41) is 0.679. The van der Waals surface area contributed by atoms with Crippen molar-refractivity contribution in [2.75, 3.05) is 11.4 Å². The smallest absolute Gasteiger partial charge is 0.146 e. The molecular formula is C16H15BrFN. The minimum absolute atomic E-state index is 0.128. The number of alkyl halides is 1. The van der Waals surface area contributed by atoms with Crippen LogP contribution in [0.1, 0.15) is 16.7 Å². The molecule has 3 rings (SSSR count). The molecule has 0 saturated carbocycles. The third-order valence-electron chi connectivity index (χ3n) is 3.66. The largest absolute Gasteiger partial charge is 0.364 e. The first-order chi connectivity index (χ1) is 9.29. The Morgan fingerprint density at radius 2 is 1.84 bits per heavy atom. The van der Waals surface area contributed by atoms with E-state index < -0.39 is 0 Å². The topological polar surface area (TPSA) is 3.24 Å². The fourth-order valence-corrected chi connectivity index (χ4v) is 3.16. The number of fused-ring (bicyclic) bond motifs is 1. The quantitative estimate of drug-likeness (QED) is 0.747. The van der Waals surface area contributed by atoms with Crippen molar-refractivity contribution in [1.29, 1.82) is 0 Å². The zero-order valence-electron chi connectivity index (χ0n) is 10.6.